The fourth-order valence-electron chi connectivity index (χ4n) is 2.35. The number of aromatic nitrogens is 2. The van der Waals surface area contributed by atoms with Crippen molar-refractivity contribution < 1.29 is 4.79 Å². The van der Waals surface area contributed by atoms with Crippen LogP contribution in [0, 0.1) is 0 Å². The number of anilines is 1. The fraction of sp³-hybridized carbons (Fsp3) is 0.643. The number of nitrogens with one attached hydrogen (secondary N) is 2. The van der Waals surface area contributed by atoms with Crippen LogP contribution in [0.15, 0.2) is 12.1 Å². The lowest BCUT2D eigenvalue weighted by Crippen LogP contribution is -2.54. The van der Waals surface area contributed by atoms with Crippen LogP contribution in [0.3, 0.4) is 0 Å². The minimum absolute atomic E-state index is 0.174. The lowest BCUT2D eigenvalue weighted by Gasteiger charge is -2.37. The molecule has 0 spiro atoms. The standard InChI is InChI=1S/C14H24N6O/c1-4-15-13-6-5-12(17-18-13)14(21)16-9-11-10-19(2)7-8-20(11)3/h5-6,11H,4,7-10H2,1-3H3,(H,15,18)(H,16,21). The Bertz CT molecular complexity index is 463. The third-order valence-corrected chi connectivity index (χ3v) is 3.73. The second-order valence-electron chi connectivity index (χ2n) is 5.44. The summed E-state index contributed by atoms with van der Waals surface area (Å²) in [6.07, 6.45) is 0. The van der Waals surface area contributed by atoms with Gasteiger partial charge in [0.15, 0.2) is 5.69 Å². The van der Waals surface area contributed by atoms with E-state index >= 15 is 0 Å². The van der Waals surface area contributed by atoms with E-state index in [1.54, 1.807) is 12.1 Å². The molecule has 2 heterocycles. The minimum Gasteiger partial charge on any atom is -0.369 e. The van der Waals surface area contributed by atoms with Crippen LogP contribution in [-0.4, -0.2) is 78.8 Å². The molecule has 0 aliphatic carbocycles. The zero-order valence-corrected chi connectivity index (χ0v) is 13.0. The number of nitrogens with zero attached hydrogens (tertiary/aromatic N) is 4. The largest absolute Gasteiger partial charge is 0.369 e. The van der Waals surface area contributed by atoms with Crippen LogP contribution in [0.1, 0.15) is 17.4 Å². The summed E-state index contributed by atoms with van der Waals surface area (Å²) in [5, 5.41) is 13.9. The topological polar surface area (TPSA) is 73.4 Å². The first-order valence-corrected chi connectivity index (χ1v) is 7.34. The number of carbonyl (C=O) groups is 1. The zero-order chi connectivity index (χ0) is 15.2. The van der Waals surface area contributed by atoms with Crippen LogP contribution in [0.5, 0.6) is 0 Å². The summed E-state index contributed by atoms with van der Waals surface area (Å²) in [6.45, 7) is 6.44. The molecule has 1 aliphatic rings. The number of hydrogen-bond acceptors (Lipinski definition) is 6. The molecule has 1 saturated heterocycles. The van der Waals surface area contributed by atoms with Gasteiger partial charge in [-0.3, -0.25) is 9.69 Å². The second kappa shape index (κ2) is 7.33. The van der Waals surface area contributed by atoms with Crippen molar-refractivity contribution in [3.8, 4) is 0 Å². The highest BCUT2D eigenvalue weighted by atomic mass is 16.1. The predicted octanol–water partition coefficient (Wildman–Crippen LogP) is -0.116. The highest BCUT2D eigenvalue weighted by Crippen LogP contribution is 2.05. The van der Waals surface area contributed by atoms with E-state index in [9.17, 15) is 4.79 Å². The van der Waals surface area contributed by atoms with Crippen molar-refractivity contribution in [2.75, 3.05) is 52.1 Å². The van der Waals surface area contributed by atoms with Crippen molar-refractivity contribution in [2.45, 2.75) is 13.0 Å². The molecule has 21 heavy (non-hydrogen) atoms. The monoisotopic (exact) mass is 292 g/mol. The van der Waals surface area contributed by atoms with Crippen LogP contribution in [0.25, 0.3) is 0 Å². The van der Waals surface area contributed by atoms with Crippen LogP contribution >= 0.6 is 0 Å². The van der Waals surface area contributed by atoms with Gasteiger partial charge in [0.05, 0.1) is 0 Å². The molecule has 1 aliphatic heterocycles. The van der Waals surface area contributed by atoms with Crippen molar-refractivity contribution in [2.24, 2.45) is 0 Å². The van der Waals surface area contributed by atoms with Crippen molar-refractivity contribution in [3.05, 3.63) is 17.8 Å². The first kappa shape index (κ1) is 15.7. The van der Waals surface area contributed by atoms with Gasteiger partial charge < -0.3 is 15.5 Å². The third-order valence-electron chi connectivity index (χ3n) is 3.73. The van der Waals surface area contributed by atoms with E-state index in [-0.39, 0.29) is 5.91 Å². The van der Waals surface area contributed by atoms with Gasteiger partial charge >= 0.3 is 0 Å². The van der Waals surface area contributed by atoms with Crippen LogP contribution < -0.4 is 10.6 Å². The summed E-state index contributed by atoms with van der Waals surface area (Å²) in [4.78, 5) is 16.6. The molecule has 116 valence electrons. The average Bonchev–Trinajstić information content (AvgIpc) is 2.49. The molecule has 0 aromatic carbocycles. The number of likely N-dealkylation sites (N-methyl/N-ethyl adjacent to an activating group) is 2. The predicted molar refractivity (Wildman–Crippen MR) is 82.4 cm³/mol. The Morgan fingerprint density at radius 2 is 2.14 bits per heavy atom. The third kappa shape index (κ3) is 4.37. The Labute approximate surface area is 125 Å². The molecule has 7 nitrogen and oxygen atoms in total. The Hall–Kier alpha value is -1.73. The highest BCUT2D eigenvalue weighted by molar-refractivity contribution is 5.92. The summed E-state index contributed by atoms with van der Waals surface area (Å²) >= 11 is 0. The molecule has 1 amide bonds. The quantitative estimate of drug-likeness (QED) is 0.788. The van der Waals surface area contributed by atoms with Crippen LogP contribution in [-0.2, 0) is 0 Å². The van der Waals surface area contributed by atoms with E-state index in [0.29, 0.717) is 24.1 Å². The van der Waals surface area contributed by atoms with Gasteiger partial charge in [0, 0.05) is 38.8 Å². The molecule has 1 atom stereocenters. The maximum absolute atomic E-state index is 12.1. The number of piperazine rings is 1. The summed E-state index contributed by atoms with van der Waals surface area (Å²) in [5.74, 6) is 0.509. The lowest BCUT2D eigenvalue weighted by atomic mass is 10.2. The van der Waals surface area contributed by atoms with E-state index in [2.05, 4.69) is 44.7 Å². The van der Waals surface area contributed by atoms with Gasteiger partial charge in [-0.05, 0) is 33.2 Å². The molecular weight excluding hydrogens is 268 g/mol. The highest BCUT2D eigenvalue weighted by Gasteiger charge is 2.22. The van der Waals surface area contributed by atoms with E-state index in [1.165, 1.54) is 0 Å². The fourth-order valence-corrected chi connectivity index (χ4v) is 2.35. The van der Waals surface area contributed by atoms with Gasteiger partial charge in [0.2, 0.25) is 0 Å². The van der Waals surface area contributed by atoms with E-state index < -0.39 is 0 Å². The molecule has 7 heteroatoms. The Morgan fingerprint density at radius 3 is 2.81 bits per heavy atom. The first-order chi connectivity index (χ1) is 10.1. The van der Waals surface area contributed by atoms with Gasteiger partial charge in [-0.15, -0.1) is 10.2 Å². The molecule has 0 saturated carbocycles. The van der Waals surface area contributed by atoms with E-state index in [1.807, 2.05) is 6.92 Å². The summed E-state index contributed by atoms with van der Waals surface area (Å²) in [6, 6.07) is 3.80. The number of carbonyl (C=O) groups excluding carboxylic acids is 1. The number of hydrogen-bond donors (Lipinski definition) is 2. The molecule has 2 rings (SSSR count). The Morgan fingerprint density at radius 1 is 1.33 bits per heavy atom. The average molecular weight is 292 g/mol. The summed E-state index contributed by atoms with van der Waals surface area (Å²) in [5.41, 5.74) is 0.350. The first-order valence-electron chi connectivity index (χ1n) is 7.34. The summed E-state index contributed by atoms with van der Waals surface area (Å²) < 4.78 is 0. The number of rotatable bonds is 5. The van der Waals surface area contributed by atoms with E-state index in [4.69, 9.17) is 0 Å². The maximum Gasteiger partial charge on any atom is 0.271 e. The Kier molecular flexibility index (Phi) is 5.46. The molecule has 1 fully saturated rings. The maximum atomic E-state index is 12.1. The van der Waals surface area contributed by atoms with Gasteiger partial charge in [-0.2, -0.15) is 0 Å². The molecule has 2 N–H and O–H groups in total. The van der Waals surface area contributed by atoms with Gasteiger partial charge in [-0.25, -0.2) is 0 Å². The molecular formula is C14H24N6O. The van der Waals surface area contributed by atoms with Gasteiger partial charge in [0.1, 0.15) is 5.82 Å². The molecule has 1 aromatic heterocycles. The summed E-state index contributed by atoms with van der Waals surface area (Å²) in [7, 11) is 4.20. The van der Waals surface area contributed by atoms with Crippen LogP contribution in [0.4, 0.5) is 5.82 Å². The molecule has 1 aromatic rings. The molecule has 1 unspecified atom stereocenters. The van der Waals surface area contributed by atoms with Gasteiger partial charge in [-0.1, -0.05) is 0 Å². The smallest absolute Gasteiger partial charge is 0.271 e. The van der Waals surface area contributed by atoms with Crippen molar-refractivity contribution >= 4 is 11.7 Å². The zero-order valence-electron chi connectivity index (χ0n) is 13.0. The lowest BCUT2D eigenvalue weighted by molar-refractivity contribution is 0.0876. The van der Waals surface area contributed by atoms with Crippen molar-refractivity contribution in [3.63, 3.8) is 0 Å². The van der Waals surface area contributed by atoms with Crippen LogP contribution in [0.2, 0.25) is 0 Å². The molecule has 0 bridgehead atoms. The SMILES string of the molecule is CCNc1ccc(C(=O)NCC2CN(C)CCN2C)nn1. The second-order valence-corrected chi connectivity index (χ2v) is 5.44. The van der Waals surface area contributed by atoms with E-state index in [0.717, 1.165) is 26.2 Å². The number of amides is 1. The molecule has 0 radical (unpaired) electrons. The Balaban J connectivity index is 1.86. The normalized spacial score (nSPS) is 20.2. The van der Waals surface area contributed by atoms with Crippen molar-refractivity contribution in [1.29, 1.82) is 0 Å². The minimum atomic E-state index is -0.174. The van der Waals surface area contributed by atoms with Gasteiger partial charge in [0.25, 0.3) is 5.91 Å². The van der Waals surface area contributed by atoms with Crippen molar-refractivity contribution in [1.82, 2.24) is 25.3 Å².